The lowest BCUT2D eigenvalue weighted by molar-refractivity contribution is 0.596. The first-order chi connectivity index (χ1) is 4.90. The van der Waals surface area contributed by atoms with Gasteiger partial charge in [-0.25, -0.2) is 0 Å². The molecule has 10 heavy (non-hydrogen) atoms. The van der Waals surface area contributed by atoms with E-state index in [0.717, 1.165) is 11.3 Å². The number of hydrogen-bond acceptors (Lipinski definition) is 4. The Morgan fingerprint density at radius 3 is 3.30 bits per heavy atom. The van der Waals surface area contributed by atoms with Crippen LogP contribution in [-0.2, 0) is 0 Å². The highest BCUT2D eigenvalue weighted by molar-refractivity contribution is 5.38. The SMILES string of the molecule is N#CN1C=C2NNC=C2C1. The minimum atomic E-state index is 0.686. The predicted octanol–water partition coefficient (Wildman–Crippen LogP) is -0.384. The Morgan fingerprint density at radius 1 is 1.70 bits per heavy atom. The molecule has 4 nitrogen and oxygen atoms in total. The van der Waals surface area contributed by atoms with E-state index >= 15 is 0 Å². The van der Waals surface area contributed by atoms with Crippen molar-refractivity contribution in [2.45, 2.75) is 0 Å². The van der Waals surface area contributed by atoms with E-state index in [0.29, 0.717) is 6.54 Å². The summed E-state index contributed by atoms with van der Waals surface area (Å²) >= 11 is 0. The Kier molecular flexibility index (Phi) is 0.866. The molecule has 0 atom stereocenters. The van der Waals surface area contributed by atoms with E-state index in [1.807, 2.05) is 12.4 Å². The Bertz CT molecular complexity index is 257. The average Bonchev–Trinajstić information content (AvgIpc) is 2.42. The molecule has 0 amide bonds. The minimum absolute atomic E-state index is 0.686. The van der Waals surface area contributed by atoms with Gasteiger partial charge in [0.25, 0.3) is 0 Å². The summed E-state index contributed by atoms with van der Waals surface area (Å²) < 4.78 is 0. The van der Waals surface area contributed by atoms with E-state index in [9.17, 15) is 0 Å². The Labute approximate surface area is 58.4 Å². The molecule has 0 unspecified atom stereocenters. The predicted molar refractivity (Wildman–Crippen MR) is 34.8 cm³/mol. The fourth-order valence-corrected chi connectivity index (χ4v) is 1.05. The second kappa shape index (κ2) is 1.67. The summed E-state index contributed by atoms with van der Waals surface area (Å²) in [5.74, 6) is 0. The van der Waals surface area contributed by atoms with Crippen molar-refractivity contribution in [1.29, 1.82) is 5.26 Å². The summed E-state index contributed by atoms with van der Waals surface area (Å²) in [6.45, 7) is 0.686. The molecule has 50 valence electrons. The van der Waals surface area contributed by atoms with Gasteiger partial charge < -0.3 is 5.43 Å². The molecule has 0 saturated carbocycles. The van der Waals surface area contributed by atoms with Crippen molar-refractivity contribution < 1.29 is 0 Å². The third-order valence-corrected chi connectivity index (χ3v) is 1.55. The van der Waals surface area contributed by atoms with Crippen molar-refractivity contribution in [3.05, 3.63) is 23.7 Å². The first-order valence-electron chi connectivity index (χ1n) is 2.99. The Hall–Kier alpha value is -1.63. The van der Waals surface area contributed by atoms with E-state index in [1.54, 1.807) is 11.1 Å². The first kappa shape index (κ1) is 5.18. The van der Waals surface area contributed by atoms with E-state index in [-0.39, 0.29) is 0 Å². The van der Waals surface area contributed by atoms with Crippen molar-refractivity contribution in [2.24, 2.45) is 0 Å². The van der Waals surface area contributed by atoms with Gasteiger partial charge in [-0.15, -0.1) is 0 Å². The third kappa shape index (κ3) is 0.544. The fourth-order valence-electron chi connectivity index (χ4n) is 1.05. The largest absolute Gasteiger partial charge is 0.308 e. The molecule has 2 heterocycles. The van der Waals surface area contributed by atoms with Crippen LogP contribution in [0.5, 0.6) is 0 Å². The van der Waals surface area contributed by atoms with Crippen molar-refractivity contribution in [1.82, 2.24) is 15.8 Å². The van der Waals surface area contributed by atoms with Gasteiger partial charge in [0.2, 0.25) is 0 Å². The lowest BCUT2D eigenvalue weighted by atomic mass is 10.3. The van der Waals surface area contributed by atoms with Gasteiger partial charge in [0.05, 0.1) is 12.2 Å². The molecule has 0 bridgehead atoms. The maximum Gasteiger partial charge on any atom is 0.184 e. The van der Waals surface area contributed by atoms with Gasteiger partial charge in [-0.3, -0.25) is 10.3 Å². The zero-order valence-electron chi connectivity index (χ0n) is 5.26. The lowest BCUT2D eigenvalue weighted by Gasteiger charge is -1.99. The monoisotopic (exact) mass is 134 g/mol. The van der Waals surface area contributed by atoms with Crippen molar-refractivity contribution in [3.63, 3.8) is 0 Å². The maximum absolute atomic E-state index is 8.48. The number of hydrazine groups is 1. The Morgan fingerprint density at radius 2 is 2.60 bits per heavy atom. The molecular weight excluding hydrogens is 128 g/mol. The number of nitriles is 1. The van der Waals surface area contributed by atoms with Gasteiger partial charge in [0.15, 0.2) is 6.19 Å². The minimum Gasteiger partial charge on any atom is -0.308 e. The van der Waals surface area contributed by atoms with Gasteiger partial charge in [-0.1, -0.05) is 0 Å². The maximum atomic E-state index is 8.48. The average molecular weight is 134 g/mol. The van der Waals surface area contributed by atoms with E-state index in [4.69, 9.17) is 5.26 Å². The Balaban J connectivity index is 2.27. The van der Waals surface area contributed by atoms with Crippen LogP contribution in [0.3, 0.4) is 0 Å². The van der Waals surface area contributed by atoms with Crippen molar-refractivity contribution >= 4 is 0 Å². The number of fused-ring (bicyclic) bond motifs is 1. The van der Waals surface area contributed by atoms with Crippen LogP contribution in [0.15, 0.2) is 23.7 Å². The van der Waals surface area contributed by atoms with Crippen molar-refractivity contribution in [3.8, 4) is 6.19 Å². The molecule has 2 aliphatic rings. The smallest absolute Gasteiger partial charge is 0.184 e. The van der Waals surface area contributed by atoms with E-state index in [1.165, 1.54) is 0 Å². The number of hydrogen-bond donors (Lipinski definition) is 2. The molecular formula is C6H6N4. The van der Waals surface area contributed by atoms with E-state index in [2.05, 4.69) is 10.9 Å². The molecule has 0 saturated heterocycles. The highest BCUT2D eigenvalue weighted by Crippen LogP contribution is 2.18. The standard InChI is InChI=1S/C6H6N4/c7-4-10-2-5-1-8-9-6(5)3-10/h1,3,8-9H,2H2. The van der Waals surface area contributed by atoms with Gasteiger partial charge in [-0.05, 0) is 0 Å². The summed E-state index contributed by atoms with van der Waals surface area (Å²) in [4.78, 5) is 1.58. The summed E-state index contributed by atoms with van der Waals surface area (Å²) in [6, 6.07) is 0. The second-order valence-electron chi connectivity index (χ2n) is 2.21. The lowest BCUT2D eigenvalue weighted by Crippen LogP contribution is -2.19. The molecule has 0 fully saturated rings. The van der Waals surface area contributed by atoms with Gasteiger partial charge >= 0.3 is 0 Å². The molecule has 2 aliphatic heterocycles. The highest BCUT2D eigenvalue weighted by atomic mass is 15.4. The van der Waals surface area contributed by atoms with Crippen LogP contribution in [0.4, 0.5) is 0 Å². The molecule has 2 N–H and O–H groups in total. The van der Waals surface area contributed by atoms with Crippen LogP contribution in [0.25, 0.3) is 0 Å². The van der Waals surface area contributed by atoms with Crippen molar-refractivity contribution in [2.75, 3.05) is 6.54 Å². The van der Waals surface area contributed by atoms with Crippen LogP contribution >= 0.6 is 0 Å². The van der Waals surface area contributed by atoms with Crippen LogP contribution in [0.1, 0.15) is 0 Å². The second-order valence-corrected chi connectivity index (χ2v) is 2.21. The van der Waals surface area contributed by atoms with Crippen LogP contribution in [-0.4, -0.2) is 11.4 Å². The molecule has 0 radical (unpaired) electrons. The summed E-state index contributed by atoms with van der Waals surface area (Å²) in [7, 11) is 0. The number of nitrogens with one attached hydrogen (secondary N) is 2. The van der Waals surface area contributed by atoms with E-state index < -0.39 is 0 Å². The molecule has 0 spiro atoms. The third-order valence-electron chi connectivity index (χ3n) is 1.55. The topological polar surface area (TPSA) is 51.1 Å². The van der Waals surface area contributed by atoms with Gasteiger partial charge in [0, 0.05) is 18.0 Å². The molecule has 0 aromatic carbocycles. The van der Waals surface area contributed by atoms with Gasteiger partial charge in [-0.2, -0.15) is 5.26 Å². The molecule has 4 heteroatoms. The summed E-state index contributed by atoms with van der Waals surface area (Å²) in [6.07, 6.45) is 5.69. The fraction of sp³-hybridized carbons (Fsp3) is 0.167. The van der Waals surface area contributed by atoms with Crippen LogP contribution < -0.4 is 10.9 Å². The summed E-state index contributed by atoms with van der Waals surface area (Å²) in [5, 5.41) is 8.48. The zero-order valence-corrected chi connectivity index (χ0v) is 5.26. The molecule has 0 aliphatic carbocycles. The van der Waals surface area contributed by atoms with Crippen LogP contribution in [0.2, 0.25) is 0 Å². The molecule has 0 aromatic heterocycles. The quantitative estimate of drug-likeness (QED) is 0.443. The number of rotatable bonds is 0. The highest BCUT2D eigenvalue weighted by Gasteiger charge is 2.20. The molecule has 2 rings (SSSR count). The summed E-state index contributed by atoms with van der Waals surface area (Å²) in [5.41, 5.74) is 7.90. The molecule has 0 aromatic rings. The first-order valence-corrected chi connectivity index (χ1v) is 2.99. The van der Waals surface area contributed by atoms with Crippen LogP contribution in [0, 0.1) is 11.5 Å². The normalized spacial score (nSPS) is 20.1. The zero-order chi connectivity index (χ0) is 6.97. The number of nitrogens with zero attached hydrogens (tertiary/aromatic N) is 2. The van der Waals surface area contributed by atoms with Gasteiger partial charge in [0.1, 0.15) is 0 Å².